The van der Waals surface area contributed by atoms with Crippen molar-refractivity contribution in [2.24, 2.45) is 28.6 Å². The molecule has 1 aliphatic heterocycles. The summed E-state index contributed by atoms with van der Waals surface area (Å²) in [4.78, 5) is 83.1. The minimum atomic E-state index is -1.68. The summed E-state index contributed by atoms with van der Waals surface area (Å²) in [6.07, 6.45) is -0.310. The van der Waals surface area contributed by atoms with Crippen LogP contribution in [0.15, 0.2) is 30.3 Å². The Morgan fingerprint density at radius 2 is 1.58 bits per heavy atom. The van der Waals surface area contributed by atoms with Gasteiger partial charge in [-0.15, -0.1) is 0 Å². The first kappa shape index (κ1) is 40.6. The molecule has 2 aliphatic carbocycles. The number of carbonyl (C=O) groups is 6. The van der Waals surface area contributed by atoms with Crippen LogP contribution in [0, 0.1) is 28.6 Å². The Morgan fingerprint density at radius 3 is 2.12 bits per heavy atom. The number of aliphatic hydroxyl groups excluding tert-OH is 1. The molecule has 5 N–H and O–H groups in total. The quantitative estimate of drug-likeness (QED) is 0.205. The highest BCUT2D eigenvalue weighted by Crippen LogP contribution is 2.65. The number of carbonyl (C=O) groups excluding carboxylic acids is 6. The van der Waals surface area contributed by atoms with Crippen molar-refractivity contribution in [3.8, 4) is 0 Å². The van der Waals surface area contributed by atoms with Gasteiger partial charge < -0.3 is 40.9 Å². The number of amides is 6. The summed E-state index contributed by atoms with van der Waals surface area (Å²) in [7, 11) is 3.15. The molecular weight excluding hydrogens is 668 g/mol. The molecule has 52 heavy (non-hydrogen) atoms. The number of likely N-dealkylation sites (N-methyl/N-ethyl adjacent to an activating group) is 1. The number of nitrogens with zero attached hydrogens (tertiary/aromatic N) is 2. The number of rotatable bonds is 13. The molecule has 14 heteroatoms. The van der Waals surface area contributed by atoms with E-state index in [0.29, 0.717) is 18.5 Å². The van der Waals surface area contributed by atoms with Gasteiger partial charge in [0.25, 0.3) is 5.91 Å². The van der Waals surface area contributed by atoms with Gasteiger partial charge in [0.05, 0.1) is 12.6 Å². The summed E-state index contributed by atoms with van der Waals surface area (Å²) in [6, 6.07) is 4.89. The van der Waals surface area contributed by atoms with Crippen molar-refractivity contribution < 1.29 is 38.6 Å². The number of piperidine rings is 1. The van der Waals surface area contributed by atoms with Gasteiger partial charge in [0.1, 0.15) is 23.7 Å². The number of hydrogen-bond donors (Lipinski definition) is 5. The van der Waals surface area contributed by atoms with Gasteiger partial charge in [-0.1, -0.05) is 77.8 Å². The molecule has 2 saturated carbocycles. The Balaban J connectivity index is 1.46. The van der Waals surface area contributed by atoms with Gasteiger partial charge in [-0.2, -0.15) is 0 Å². The van der Waals surface area contributed by atoms with Crippen LogP contribution < -0.4 is 21.3 Å². The second kappa shape index (κ2) is 15.4. The predicted molar refractivity (Wildman–Crippen MR) is 193 cm³/mol. The summed E-state index contributed by atoms with van der Waals surface area (Å²) in [5, 5.41) is 22.0. The number of hydrogen-bond acceptors (Lipinski definition) is 8. The smallest absolute Gasteiger partial charge is 0.408 e. The predicted octanol–water partition coefficient (Wildman–Crippen LogP) is 2.12. The second-order valence-corrected chi connectivity index (χ2v) is 17.4. The standard InChI is InChI=1S/C38H58N6O8/c1-36(2,3)30(42-35(51)52-37(4,5)6)34(50)44-20-23-26(38(23,7)8)28(44)31(47)40-24(18-21-16-17-21)29(46)32(48)39-19-25(45)41-27(33(49)43(9)10)22-14-12-11-13-15-22/h11-15,21,23-24,26-30,46H,16-20H2,1-10H3,(H,39,48)(H,40,47)(H,41,45)(H,42,51)/t23?,24?,26-,27-,28-,29?,30+/m0/s1. The Hall–Kier alpha value is -4.20. The normalized spacial score (nSPS) is 22.8. The van der Waals surface area contributed by atoms with Crippen molar-refractivity contribution in [2.75, 3.05) is 27.2 Å². The first-order chi connectivity index (χ1) is 24.0. The molecule has 288 valence electrons. The first-order valence-corrected chi connectivity index (χ1v) is 18.1. The average Bonchev–Trinajstić information content (AvgIpc) is 3.90. The number of likely N-dealkylation sites (tertiary alicyclic amines) is 1. The maximum absolute atomic E-state index is 14.2. The average molecular weight is 727 g/mol. The molecule has 1 aromatic rings. The highest BCUT2D eigenvalue weighted by molar-refractivity contribution is 5.94. The number of aliphatic hydroxyl groups is 1. The van der Waals surface area contributed by atoms with Crippen LogP contribution in [0.1, 0.15) is 86.3 Å². The number of nitrogens with one attached hydrogen (secondary N) is 4. The fourth-order valence-electron chi connectivity index (χ4n) is 7.16. The lowest BCUT2D eigenvalue weighted by atomic mass is 9.85. The molecule has 0 bridgehead atoms. The van der Waals surface area contributed by atoms with Crippen molar-refractivity contribution in [1.82, 2.24) is 31.1 Å². The summed E-state index contributed by atoms with van der Waals surface area (Å²) < 4.78 is 5.44. The van der Waals surface area contributed by atoms with E-state index in [1.165, 1.54) is 9.80 Å². The Bertz CT molecular complexity index is 1510. The van der Waals surface area contributed by atoms with E-state index in [0.717, 1.165) is 12.8 Å². The molecule has 1 heterocycles. The zero-order valence-electron chi connectivity index (χ0n) is 32.2. The Labute approximate surface area is 307 Å². The molecule has 3 unspecified atom stereocenters. The van der Waals surface area contributed by atoms with Crippen LogP contribution in [0.4, 0.5) is 4.79 Å². The monoisotopic (exact) mass is 726 g/mol. The molecule has 0 radical (unpaired) electrons. The van der Waals surface area contributed by atoms with Crippen molar-refractivity contribution in [3.63, 3.8) is 0 Å². The van der Waals surface area contributed by atoms with E-state index in [2.05, 4.69) is 21.3 Å². The SMILES string of the molecule is CN(C)C(=O)[C@@H](NC(=O)CNC(=O)C(O)C(CC1CC1)NC(=O)[C@@H]1[C@@H]2C(CN1C(=O)[C@@H](NC(=O)OC(C)(C)C)C(C)(C)C)C2(C)C)c1ccccc1. The minimum Gasteiger partial charge on any atom is -0.444 e. The zero-order valence-corrected chi connectivity index (χ0v) is 32.2. The van der Waals surface area contributed by atoms with Gasteiger partial charge in [0.2, 0.25) is 23.6 Å². The van der Waals surface area contributed by atoms with Crippen LogP contribution in [0.5, 0.6) is 0 Å². The first-order valence-electron chi connectivity index (χ1n) is 18.1. The molecule has 3 fully saturated rings. The van der Waals surface area contributed by atoms with Gasteiger partial charge in [-0.3, -0.25) is 24.0 Å². The molecule has 14 nitrogen and oxygen atoms in total. The highest BCUT2D eigenvalue weighted by Gasteiger charge is 2.70. The van der Waals surface area contributed by atoms with E-state index in [4.69, 9.17) is 4.74 Å². The lowest BCUT2D eigenvalue weighted by Crippen LogP contribution is -2.61. The molecule has 7 atom stereocenters. The molecular formula is C38H58N6O8. The third-order valence-electron chi connectivity index (χ3n) is 10.3. The van der Waals surface area contributed by atoms with Crippen LogP contribution >= 0.6 is 0 Å². The molecule has 1 aromatic carbocycles. The molecule has 3 aliphatic rings. The molecule has 6 amide bonds. The van der Waals surface area contributed by atoms with E-state index >= 15 is 0 Å². The summed E-state index contributed by atoms with van der Waals surface area (Å²) in [5.41, 5.74) is -1.13. The maximum Gasteiger partial charge on any atom is 0.408 e. The third-order valence-corrected chi connectivity index (χ3v) is 10.3. The van der Waals surface area contributed by atoms with Gasteiger partial charge in [-0.25, -0.2) is 4.79 Å². The van der Waals surface area contributed by atoms with Crippen molar-refractivity contribution in [2.45, 2.75) is 111 Å². The third kappa shape index (κ3) is 9.81. The van der Waals surface area contributed by atoms with Crippen molar-refractivity contribution >= 4 is 35.6 Å². The maximum atomic E-state index is 14.2. The lowest BCUT2D eigenvalue weighted by molar-refractivity contribution is -0.145. The van der Waals surface area contributed by atoms with Crippen LogP contribution in [-0.4, -0.2) is 108 Å². The number of fused-ring (bicyclic) bond motifs is 1. The summed E-state index contributed by atoms with van der Waals surface area (Å²) in [5.74, 6) is -2.63. The number of alkyl carbamates (subject to hydrolysis) is 1. The molecule has 0 spiro atoms. The van der Waals surface area contributed by atoms with Gasteiger partial charge in [0.15, 0.2) is 6.10 Å². The van der Waals surface area contributed by atoms with E-state index < -0.39 is 77.6 Å². The minimum absolute atomic E-state index is 0.0575. The fraction of sp³-hybridized carbons (Fsp3) is 0.684. The highest BCUT2D eigenvalue weighted by atomic mass is 16.6. The summed E-state index contributed by atoms with van der Waals surface area (Å²) in [6.45, 7) is 14.6. The van der Waals surface area contributed by atoms with E-state index in [-0.39, 0.29) is 29.1 Å². The van der Waals surface area contributed by atoms with Crippen molar-refractivity contribution in [1.29, 1.82) is 0 Å². The summed E-state index contributed by atoms with van der Waals surface area (Å²) >= 11 is 0. The Morgan fingerprint density at radius 1 is 0.962 bits per heavy atom. The number of ether oxygens (including phenoxy) is 1. The van der Waals surface area contributed by atoms with Crippen LogP contribution in [0.3, 0.4) is 0 Å². The van der Waals surface area contributed by atoms with E-state index in [9.17, 15) is 33.9 Å². The Kier molecular flexibility index (Phi) is 12.0. The van der Waals surface area contributed by atoms with Gasteiger partial charge in [-0.05, 0) is 61.3 Å². The van der Waals surface area contributed by atoms with Gasteiger partial charge >= 0.3 is 6.09 Å². The number of benzene rings is 1. The topological polar surface area (TPSA) is 186 Å². The fourth-order valence-corrected chi connectivity index (χ4v) is 7.16. The van der Waals surface area contributed by atoms with Crippen LogP contribution in [0.25, 0.3) is 0 Å². The van der Waals surface area contributed by atoms with Crippen LogP contribution in [-0.2, 0) is 28.7 Å². The molecule has 4 rings (SSSR count). The largest absolute Gasteiger partial charge is 0.444 e. The van der Waals surface area contributed by atoms with Crippen molar-refractivity contribution in [3.05, 3.63) is 35.9 Å². The molecule has 1 saturated heterocycles. The second-order valence-electron chi connectivity index (χ2n) is 17.4. The van der Waals surface area contributed by atoms with Gasteiger partial charge in [0, 0.05) is 20.6 Å². The van der Waals surface area contributed by atoms with E-state index in [1.54, 1.807) is 65.2 Å². The zero-order chi connectivity index (χ0) is 38.9. The lowest BCUT2D eigenvalue weighted by Gasteiger charge is -2.38. The van der Waals surface area contributed by atoms with Crippen LogP contribution in [0.2, 0.25) is 0 Å². The molecule has 0 aromatic heterocycles. The van der Waals surface area contributed by atoms with E-state index in [1.807, 2.05) is 34.6 Å².